The number of nitrogens with zero attached hydrogens (tertiary/aromatic N) is 3. The van der Waals surface area contributed by atoms with Crippen molar-refractivity contribution in [2.75, 3.05) is 20.6 Å². The van der Waals surface area contributed by atoms with E-state index < -0.39 is 16.2 Å². The van der Waals surface area contributed by atoms with Crippen LogP contribution in [0.25, 0.3) is 0 Å². The lowest BCUT2D eigenvalue weighted by Crippen LogP contribution is -2.47. The fourth-order valence-corrected chi connectivity index (χ4v) is 4.30. The Morgan fingerprint density at radius 2 is 1.76 bits per heavy atom. The first kappa shape index (κ1) is 15.8. The Balaban J connectivity index is 2.33. The van der Waals surface area contributed by atoms with Crippen molar-refractivity contribution in [2.45, 2.75) is 31.0 Å². The Morgan fingerprint density at radius 1 is 1.19 bits per heavy atom. The van der Waals surface area contributed by atoms with Crippen molar-refractivity contribution in [1.29, 1.82) is 0 Å². The Morgan fingerprint density at radius 3 is 2.29 bits per heavy atom. The number of sulfonamides is 1. The number of hydrogen-bond acceptors (Lipinski definition) is 3. The van der Waals surface area contributed by atoms with Gasteiger partial charge in [-0.1, -0.05) is 18.2 Å². The maximum atomic E-state index is 12.7. The molecule has 2 amide bonds. The van der Waals surface area contributed by atoms with Crippen molar-refractivity contribution in [1.82, 2.24) is 14.1 Å². The molecule has 1 heterocycles. The number of carbonyl (C=O) groups is 1. The average Bonchev–Trinajstić information content (AvgIpc) is 2.74. The van der Waals surface area contributed by atoms with Crippen LogP contribution in [0.1, 0.15) is 13.8 Å². The molecule has 0 aliphatic carbocycles. The summed E-state index contributed by atoms with van der Waals surface area (Å²) in [5.74, 6) is 0. The first-order valence-corrected chi connectivity index (χ1v) is 8.27. The summed E-state index contributed by atoms with van der Waals surface area (Å²) in [6.07, 6.45) is -0.500. The molecule has 2 atom stereocenters. The fourth-order valence-electron chi connectivity index (χ4n) is 2.61. The lowest BCUT2D eigenvalue weighted by molar-refractivity contribution is 0.144. The predicted octanol–water partition coefficient (Wildman–Crippen LogP) is 1.41. The minimum absolute atomic E-state index is 0.159. The summed E-state index contributed by atoms with van der Waals surface area (Å²) < 4.78 is 26.8. The number of rotatable bonds is 2. The van der Waals surface area contributed by atoms with E-state index >= 15 is 0 Å². The third-order valence-electron chi connectivity index (χ3n) is 3.69. The van der Waals surface area contributed by atoms with Gasteiger partial charge in [-0.3, -0.25) is 0 Å². The number of carbonyl (C=O) groups excluding carboxylic acids is 1. The molecule has 0 aromatic heterocycles. The van der Waals surface area contributed by atoms with Gasteiger partial charge in [-0.2, -0.15) is 4.31 Å². The highest BCUT2D eigenvalue weighted by Gasteiger charge is 2.44. The zero-order chi connectivity index (χ0) is 15.8. The van der Waals surface area contributed by atoms with Crippen LogP contribution < -0.4 is 0 Å². The standard InChI is InChI=1S/C14H21N3O3S/c1-11-10-16(12(2)17(11)14(18)15(3)4)21(19,20)13-8-6-5-7-9-13/h5-9,11-12H,10H2,1-4H3/t11-,12-/m0/s1. The molecule has 0 radical (unpaired) electrons. The summed E-state index contributed by atoms with van der Waals surface area (Å²) in [5.41, 5.74) is 0. The predicted molar refractivity (Wildman–Crippen MR) is 80.2 cm³/mol. The lowest BCUT2D eigenvalue weighted by Gasteiger charge is -2.30. The molecule has 1 saturated heterocycles. The largest absolute Gasteiger partial charge is 0.331 e. The minimum Gasteiger partial charge on any atom is -0.331 e. The Bertz CT molecular complexity index is 616. The number of benzene rings is 1. The SMILES string of the molecule is C[C@@H]1N(C(=O)N(C)C)[C@@H](C)CN1S(=O)(=O)c1ccccc1. The zero-order valence-corrected chi connectivity index (χ0v) is 13.5. The van der Waals surface area contributed by atoms with Crippen LogP contribution in [0, 0.1) is 0 Å². The third-order valence-corrected chi connectivity index (χ3v) is 5.63. The van der Waals surface area contributed by atoms with E-state index in [0.717, 1.165) is 0 Å². The molecule has 6 nitrogen and oxygen atoms in total. The maximum absolute atomic E-state index is 12.7. The first-order valence-electron chi connectivity index (χ1n) is 6.83. The van der Waals surface area contributed by atoms with E-state index in [1.165, 1.54) is 9.21 Å². The van der Waals surface area contributed by atoms with E-state index in [2.05, 4.69) is 0 Å². The van der Waals surface area contributed by atoms with Crippen molar-refractivity contribution in [3.63, 3.8) is 0 Å². The molecule has 1 aliphatic rings. The van der Waals surface area contributed by atoms with E-state index in [1.807, 2.05) is 6.92 Å². The average molecular weight is 311 g/mol. The minimum atomic E-state index is -3.59. The second-order valence-corrected chi connectivity index (χ2v) is 7.34. The van der Waals surface area contributed by atoms with E-state index in [9.17, 15) is 13.2 Å². The summed E-state index contributed by atoms with van der Waals surface area (Å²) in [4.78, 5) is 15.5. The molecular formula is C14H21N3O3S. The van der Waals surface area contributed by atoms with E-state index in [1.54, 1.807) is 56.3 Å². The molecular weight excluding hydrogens is 290 g/mol. The van der Waals surface area contributed by atoms with Gasteiger partial charge in [0.25, 0.3) is 0 Å². The van der Waals surface area contributed by atoms with Gasteiger partial charge in [-0.25, -0.2) is 13.2 Å². The first-order chi connectivity index (χ1) is 9.76. The second kappa shape index (κ2) is 5.65. The quantitative estimate of drug-likeness (QED) is 0.829. The van der Waals surface area contributed by atoms with Crippen LogP contribution in [-0.2, 0) is 10.0 Å². The van der Waals surface area contributed by atoms with Crippen molar-refractivity contribution in [2.24, 2.45) is 0 Å². The van der Waals surface area contributed by atoms with Gasteiger partial charge < -0.3 is 9.80 Å². The monoisotopic (exact) mass is 311 g/mol. The smallest absolute Gasteiger partial charge is 0.321 e. The molecule has 1 aromatic rings. The van der Waals surface area contributed by atoms with Crippen molar-refractivity contribution in [3.8, 4) is 0 Å². The highest BCUT2D eigenvalue weighted by atomic mass is 32.2. The Hall–Kier alpha value is -1.60. The van der Waals surface area contributed by atoms with Crippen LogP contribution in [0.2, 0.25) is 0 Å². The molecule has 7 heteroatoms. The highest BCUT2D eigenvalue weighted by Crippen LogP contribution is 2.28. The number of urea groups is 1. The molecule has 2 rings (SSSR count). The molecule has 0 unspecified atom stereocenters. The van der Waals surface area contributed by atoms with Gasteiger partial charge in [0.15, 0.2) is 0 Å². The van der Waals surface area contributed by atoms with Crippen LogP contribution in [0.5, 0.6) is 0 Å². The number of hydrogen-bond donors (Lipinski definition) is 0. The van der Waals surface area contributed by atoms with Crippen LogP contribution >= 0.6 is 0 Å². The summed E-state index contributed by atoms with van der Waals surface area (Å²) in [7, 11) is -0.266. The molecule has 0 saturated carbocycles. The van der Waals surface area contributed by atoms with Gasteiger partial charge in [-0.05, 0) is 26.0 Å². The topological polar surface area (TPSA) is 60.9 Å². The van der Waals surface area contributed by atoms with Gasteiger partial charge in [0.2, 0.25) is 10.0 Å². The van der Waals surface area contributed by atoms with Crippen LogP contribution in [0.3, 0.4) is 0 Å². The molecule has 1 aromatic carbocycles. The fraction of sp³-hybridized carbons (Fsp3) is 0.500. The van der Waals surface area contributed by atoms with Crippen LogP contribution in [0.4, 0.5) is 4.79 Å². The summed E-state index contributed by atoms with van der Waals surface area (Å²) in [6.45, 7) is 3.90. The van der Waals surface area contributed by atoms with Crippen molar-refractivity contribution < 1.29 is 13.2 Å². The second-order valence-electron chi connectivity index (χ2n) is 5.45. The van der Waals surface area contributed by atoms with E-state index in [0.29, 0.717) is 6.54 Å². The Labute approximate surface area is 126 Å². The molecule has 21 heavy (non-hydrogen) atoms. The van der Waals surface area contributed by atoms with Gasteiger partial charge >= 0.3 is 6.03 Å². The van der Waals surface area contributed by atoms with Gasteiger partial charge in [0.1, 0.15) is 0 Å². The van der Waals surface area contributed by atoms with E-state index in [-0.39, 0.29) is 17.0 Å². The summed E-state index contributed by atoms with van der Waals surface area (Å²) in [6, 6.07) is 7.97. The molecule has 1 fully saturated rings. The van der Waals surface area contributed by atoms with Crippen molar-refractivity contribution >= 4 is 16.1 Å². The molecule has 0 N–H and O–H groups in total. The third kappa shape index (κ3) is 2.75. The summed E-state index contributed by atoms with van der Waals surface area (Å²) in [5, 5.41) is 0. The van der Waals surface area contributed by atoms with Gasteiger partial charge in [0, 0.05) is 26.7 Å². The number of amides is 2. The molecule has 0 spiro atoms. The maximum Gasteiger partial charge on any atom is 0.321 e. The Kier molecular flexibility index (Phi) is 4.25. The van der Waals surface area contributed by atoms with Crippen molar-refractivity contribution in [3.05, 3.63) is 30.3 Å². The van der Waals surface area contributed by atoms with E-state index in [4.69, 9.17) is 0 Å². The highest BCUT2D eigenvalue weighted by molar-refractivity contribution is 7.89. The summed E-state index contributed by atoms with van der Waals surface area (Å²) >= 11 is 0. The molecule has 116 valence electrons. The molecule has 0 bridgehead atoms. The van der Waals surface area contributed by atoms with Crippen LogP contribution in [-0.4, -0.2) is 61.4 Å². The lowest BCUT2D eigenvalue weighted by atomic mass is 10.3. The molecule has 1 aliphatic heterocycles. The normalized spacial score (nSPS) is 23.3. The van der Waals surface area contributed by atoms with Crippen LogP contribution in [0.15, 0.2) is 35.2 Å². The van der Waals surface area contributed by atoms with Gasteiger partial charge in [-0.15, -0.1) is 0 Å². The zero-order valence-electron chi connectivity index (χ0n) is 12.7. The van der Waals surface area contributed by atoms with Gasteiger partial charge in [0.05, 0.1) is 11.1 Å².